The molecule has 0 saturated carbocycles. The molecule has 0 atom stereocenters. The molecular weight excluding hydrogens is 357 g/mol. The van der Waals surface area contributed by atoms with E-state index in [0.717, 1.165) is 74.9 Å². The van der Waals surface area contributed by atoms with E-state index in [1.165, 1.54) is 0 Å². The first-order valence-corrected chi connectivity index (χ1v) is 8.93. The van der Waals surface area contributed by atoms with Crippen molar-refractivity contribution in [1.82, 2.24) is 14.8 Å². The van der Waals surface area contributed by atoms with Gasteiger partial charge in [-0.15, -0.1) is 0 Å². The maximum absolute atomic E-state index is 4.72. The summed E-state index contributed by atoms with van der Waals surface area (Å²) in [6, 6.07) is 6.11. The number of hydrogen-bond acceptors (Lipinski definition) is 5. The molecule has 0 unspecified atom stereocenters. The third-order valence-electron chi connectivity index (χ3n) is 4.32. The largest absolute Gasteiger partial charge is 2.00 e. The first-order chi connectivity index (χ1) is 11.6. The molecule has 140 valence electrons. The third-order valence-corrected chi connectivity index (χ3v) is 4.32. The normalized spacial score (nSPS) is 17.3. The molecule has 0 aliphatic carbocycles. The van der Waals surface area contributed by atoms with Crippen LogP contribution in [-0.2, 0) is 16.5 Å². The van der Waals surface area contributed by atoms with Crippen LogP contribution in [0, 0.1) is 0 Å². The second-order valence-corrected chi connectivity index (χ2v) is 6.69. The average molecular weight is 388 g/mol. The van der Waals surface area contributed by atoms with E-state index in [9.17, 15) is 0 Å². The molecule has 1 aliphatic heterocycles. The molecular formula is C19H31N5Ni+2. The van der Waals surface area contributed by atoms with Gasteiger partial charge in [-0.2, -0.15) is 0 Å². The fourth-order valence-electron chi connectivity index (χ4n) is 2.76. The number of aliphatic imine (C=N–C) groups is 2. The number of fused-ring (bicyclic) bond motifs is 2. The smallest absolute Gasteiger partial charge is 0.308 e. The van der Waals surface area contributed by atoms with Gasteiger partial charge in [0.25, 0.3) is 0 Å². The summed E-state index contributed by atoms with van der Waals surface area (Å²) in [6.45, 7) is 10.2. The van der Waals surface area contributed by atoms with Crippen molar-refractivity contribution in [3.05, 3.63) is 29.6 Å². The molecule has 0 fully saturated rings. The van der Waals surface area contributed by atoms with E-state index >= 15 is 0 Å². The van der Waals surface area contributed by atoms with Gasteiger partial charge in [-0.1, -0.05) is 6.07 Å². The van der Waals surface area contributed by atoms with E-state index in [-0.39, 0.29) is 16.5 Å². The van der Waals surface area contributed by atoms with Crippen LogP contribution in [-0.4, -0.2) is 79.6 Å². The minimum Gasteiger partial charge on any atom is -0.308 e. The zero-order chi connectivity index (χ0) is 17.4. The Hall–Kier alpha value is -1.10. The minimum atomic E-state index is 0. The number of aromatic nitrogens is 1. The Balaban J connectivity index is 0.00000312. The molecule has 0 spiro atoms. The summed E-state index contributed by atoms with van der Waals surface area (Å²) in [5, 5.41) is 0. The van der Waals surface area contributed by atoms with Gasteiger partial charge >= 0.3 is 16.5 Å². The second kappa shape index (κ2) is 11.5. The molecule has 1 aromatic heterocycles. The molecule has 25 heavy (non-hydrogen) atoms. The monoisotopic (exact) mass is 387 g/mol. The van der Waals surface area contributed by atoms with E-state index in [4.69, 9.17) is 15.0 Å². The van der Waals surface area contributed by atoms with Crippen LogP contribution in [0.3, 0.4) is 0 Å². The van der Waals surface area contributed by atoms with Crippen molar-refractivity contribution in [2.45, 2.75) is 26.7 Å². The SMILES string of the molecule is CC1=NCCCN(CCN(C)C)CCCN=C(C)c2cccc1n2.[Ni+2]. The van der Waals surface area contributed by atoms with Crippen molar-refractivity contribution in [2.24, 2.45) is 9.98 Å². The Kier molecular flexibility index (Phi) is 10.1. The number of pyridine rings is 1. The molecule has 2 bridgehead atoms. The van der Waals surface area contributed by atoms with Crippen LogP contribution in [0.2, 0.25) is 0 Å². The maximum atomic E-state index is 4.72. The molecule has 5 nitrogen and oxygen atoms in total. The van der Waals surface area contributed by atoms with Crippen LogP contribution in [0.5, 0.6) is 0 Å². The maximum Gasteiger partial charge on any atom is 2.00 e. The summed E-state index contributed by atoms with van der Waals surface area (Å²) >= 11 is 0. The molecule has 0 saturated heterocycles. The summed E-state index contributed by atoms with van der Waals surface area (Å²) in [4.78, 5) is 18.9. The number of nitrogens with zero attached hydrogens (tertiary/aromatic N) is 5. The van der Waals surface area contributed by atoms with E-state index in [2.05, 4.69) is 23.9 Å². The van der Waals surface area contributed by atoms with Crippen molar-refractivity contribution in [1.29, 1.82) is 0 Å². The van der Waals surface area contributed by atoms with Gasteiger partial charge < -0.3 is 9.80 Å². The molecule has 1 aromatic rings. The van der Waals surface area contributed by atoms with Gasteiger partial charge in [0.1, 0.15) is 0 Å². The van der Waals surface area contributed by atoms with E-state index < -0.39 is 0 Å². The summed E-state index contributed by atoms with van der Waals surface area (Å²) in [6.07, 6.45) is 2.18. The zero-order valence-electron chi connectivity index (χ0n) is 15.9. The zero-order valence-corrected chi connectivity index (χ0v) is 16.9. The second-order valence-electron chi connectivity index (χ2n) is 6.69. The van der Waals surface area contributed by atoms with Crippen molar-refractivity contribution in [2.75, 3.05) is 53.4 Å². The summed E-state index contributed by atoms with van der Waals surface area (Å²) in [7, 11) is 4.26. The van der Waals surface area contributed by atoms with Gasteiger partial charge in [-0.05, 0) is 66.0 Å². The van der Waals surface area contributed by atoms with E-state index in [1.54, 1.807) is 0 Å². The van der Waals surface area contributed by atoms with Crippen LogP contribution in [0.25, 0.3) is 0 Å². The Morgan fingerprint density at radius 1 is 0.960 bits per heavy atom. The Morgan fingerprint density at radius 3 is 1.96 bits per heavy atom. The van der Waals surface area contributed by atoms with Gasteiger partial charge in [0.15, 0.2) is 0 Å². The van der Waals surface area contributed by atoms with Crippen LogP contribution in [0.15, 0.2) is 28.2 Å². The molecule has 0 radical (unpaired) electrons. The number of likely N-dealkylation sites (N-methyl/N-ethyl adjacent to an activating group) is 1. The Morgan fingerprint density at radius 2 is 1.48 bits per heavy atom. The molecule has 6 heteroatoms. The van der Waals surface area contributed by atoms with Crippen molar-refractivity contribution in [3.63, 3.8) is 0 Å². The molecule has 2 rings (SSSR count). The first-order valence-electron chi connectivity index (χ1n) is 8.93. The van der Waals surface area contributed by atoms with Crippen molar-refractivity contribution in [3.8, 4) is 0 Å². The Labute approximate surface area is 162 Å². The van der Waals surface area contributed by atoms with Crippen LogP contribution in [0.1, 0.15) is 38.1 Å². The quantitative estimate of drug-likeness (QED) is 0.747. The topological polar surface area (TPSA) is 44.1 Å². The predicted octanol–water partition coefficient (Wildman–Crippen LogP) is 2.35. The van der Waals surface area contributed by atoms with Crippen molar-refractivity contribution >= 4 is 11.4 Å². The predicted molar refractivity (Wildman–Crippen MR) is 103 cm³/mol. The van der Waals surface area contributed by atoms with Crippen molar-refractivity contribution < 1.29 is 16.5 Å². The van der Waals surface area contributed by atoms with Crippen LogP contribution in [0.4, 0.5) is 0 Å². The fraction of sp³-hybridized carbons (Fsp3) is 0.632. The molecule has 0 N–H and O–H groups in total. The van der Waals surface area contributed by atoms with Gasteiger partial charge in [0.2, 0.25) is 0 Å². The van der Waals surface area contributed by atoms with E-state index in [1.807, 2.05) is 32.0 Å². The summed E-state index contributed by atoms with van der Waals surface area (Å²) in [5.74, 6) is 0. The molecule has 1 aliphatic rings. The van der Waals surface area contributed by atoms with Gasteiger partial charge in [-0.25, -0.2) is 4.98 Å². The number of hydrogen-bond donors (Lipinski definition) is 0. The fourth-order valence-corrected chi connectivity index (χ4v) is 2.76. The molecule has 2 heterocycles. The number of rotatable bonds is 3. The third kappa shape index (κ3) is 7.76. The summed E-state index contributed by atoms with van der Waals surface area (Å²) < 4.78 is 0. The van der Waals surface area contributed by atoms with Gasteiger partial charge in [0, 0.05) is 26.2 Å². The average Bonchev–Trinajstić information content (AvgIpc) is 2.58. The molecule has 0 amide bonds. The summed E-state index contributed by atoms with van der Waals surface area (Å²) in [5.41, 5.74) is 3.95. The van der Waals surface area contributed by atoms with E-state index in [0.29, 0.717) is 0 Å². The first kappa shape index (κ1) is 21.9. The van der Waals surface area contributed by atoms with Gasteiger partial charge in [-0.3, -0.25) is 9.98 Å². The van der Waals surface area contributed by atoms with Crippen LogP contribution >= 0.6 is 0 Å². The molecule has 0 aromatic carbocycles. The standard InChI is InChI=1S/C19H31N5.Ni/c1-16-18-8-5-9-19(22-18)17(2)21-11-7-13-24(12-6-10-20-16)15-14-23(3)4;/h5,8-9H,6-7,10-15H2,1-4H3;/q;+2. The Bertz CT molecular complexity index is 542. The minimum absolute atomic E-state index is 0. The van der Waals surface area contributed by atoms with Gasteiger partial charge in [0.05, 0.1) is 22.8 Å². The van der Waals surface area contributed by atoms with Crippen LogP contribution < -0.4 is 0 Å².